The van der Waals surface area contributed by atoms with Crippen molar-refractivity contribution in [2.45, 2.75) is 19.3 Å². The number of ketones is 1. The summed E-state index contributed by atoms with van der Waals surface area (Å²) in [4.78, 5) is 14.7. The molecule has 26 heavy (non-hydrogen) atoms. The van der Waals surface area contributed by atoms with Gasteiger partial charge in [-0.2, -0.15) is 0 Å². The minimum atomic E-state index is -0.133. The van der Waals surface area contributed by atoms with E-state index in [4.69, 9.17) is 9.47 Å². The van der Waals surface area contributed by atoms with Crippen molar-refractivity contribution in [2.24, 2.45) is 0 Å². The first kappa shape index (κ1) is 18.6. The molecule has 2 aromatic rings. The second-order valence-corrected chi connectivity index (χ2v) is 6.77. The Morgan fingerprint density at radius 3 is 2.42 bits per heavy atom. The van der Waals surface area contributed by atoms with Gasteiger partial charge in [-0.3, -0.25) is 4.79 Å². The van der Waals surface area contributed by atoms with Crippen LogP contribution in [0.5, 0.6) is 5.75 Å². The number of morpholine rings is 1. The molecule has 1 saturated heterocycles. The smallest absolute Gasteiger partial charge is 0.175 e. The summed E-state index contributed by atoms with van der Waals surface area (Å²) in [5.41, 5.74) is 1.83. The third kappa shape index (κ3) is 4.93. The molecule has 0 aromatic heterocycles. The maximum absolute atomic E-state index is 13.3. The highest BCUT2D eigenvalue weighted by Gasteiger charge is 2.28. The van der Waals surface area contributed by atoms with Crippen molar-refractivity contribution in [1.82, 2.24) is 0 Å². The van der Waals surface area contributed by atoms with Gasteiger partial charge in [0.05, 0.1) is 32.3 Å². The van der Waals surface area contributed by atoms with Crippen molar-refractivity contribution >= 4 is 5.78 Å². The van der Waals surface area contributed by atoms with Crippen molar-refractivity contribution < 1.29 is 19.2 Å². The highest BCUT2D eigenvalue weighted by molar-refractivity contribution is 6.01. The first-order chi connectivity index (χ1) is 12.8. The highest BCUT2D eigenvalue weighted by atomic mass is 16.5. The van der Waals surface area contributed by atoms with Crippen LogP contribution in [-0.4, -0.2) is 45.2 Å². The fourth-order valence-corrected chi connectivity index (χ4v) is 3.34. The molecule has 0 amide bonds. The fraction of sp³-hybridized carbons (Fsp3) is 0.409. The molecule has 4 heteroatoms. The number of Topliss-reactive ketones (excluding diaryl/α,β-unsaturated/α-hetero) is 1. The zero-order chi connectivity index (χ0) is 18.2. The lowest BCUT2D eigenvalue weighted by Gasteiger charge is -2.27. The molecule has 0 saturated carbocycles. The number of rotatable bonds is 8. The zero-order valence-corrected chi connectivity index (χ0v) is 15.4. The first-order valence-electron chi connectivity index (χ1n) is 9.51. The first-order valence-corrected chi connectivity index (χ1v) is 9.51. The molecule has 0 bridgehead atoms. The van der Waals surface area contributed by atoms with Gasteiger partial charge < -0.3 is 14.4 Å². The Morgan fingerprint density at radius 1 is 1.08 bits per heavy atom. The molecule has 0 spiro atoms. The maximum Gasteiger partial charge on any atom is 0.175 e. The predicted molar refractivity (Wildman–Crippen MR) is 102 cm³/mol. The molecule has 3 rings (SSSR count). The van der Waals surface area contributed by atoms with Crippen LogP contribution in [0.4, 0.5) is 0 Å². The van der Waals surface area contributed by atoms with Gasteiger partial charge >= 0.3 is 0 Å². The van der Waals surface area contributed by atoms with E-state index in [0.717, 1.165) is 56.1 Å². The number of benzene rings is 2. The number of quaternary nitrogens is 1. The van der Waals surface area contributed by atoms with Crippen LogP contribution < -0.4 is 9.64 Å². The molecule has 0 radical (unpaired) electrons. The quantitative estimate of drug-likeness (QED) is 0.740. The Bertz CT molecular complexity index is 678. The molecule has 1 aliphatic rings. The Hall–Kier alpha value is -2.17. The molecule has 1 atom stereocenters. The van der Waals surface area contributed by atoms with Gasteiger partial charge in [-0.25, -0.2) is 0 Å². The van der Waals surface area contributed by atoms with Gasteiger partial charge in [-0.15, -0.1) is 0 Å². The number of nitrogens with one attached hydrogen (secondary N) is 1. The van der Waals surface area contributed by atoms with Crippen molar-refractivity contribution in [3.8, 4) is 5.75 Å². The molecule has 1 N–H and O–H groups in total. The summed E-state index contributed by atoms with van der Waals surface area (Å²) in [6.07, 6.45) is 0.971. The van der Waals surface area contributed by atoms with E-state index in [1.54, 1.807) is 0 Å². The van der Waals surface area contributed by atoms with E-state index < -0.39 is 0 Å². The van der Waals surface area contributed by atoms with Crippen molar-refractivity contribution in [3.05, 3.63) is 65.7 Å². The molecule has 4 nitrogen and oxygen atoms in total. The number of ether oxygens (including phenoxy) is 2. The summed E-state index contributed by atoms with van der Waals surface area (Å²) in [5, 5.41) is 0. The van der Waals surface area contributed by atoms with Crippen LogP contribution in [0.25, 0.3) is 0 Å². The molecule has 1 heterocycles. The van der Waals surface area contributed by atoms with E-state index in [1.165, 1.54) is 4.90 Å². The van der Waals surface area contributed by atoms with E-state index in [2.05, 4.69) is 19.1 Å². The third-order valence-electron chi connectivity index (χ3n) is 4.82. The van der Waals surface area contributed by atoms with Gasteiger partial charge in [0.2, 0.25) is 0 Å². The van der Waals surface area contributed by atoms with Crippen LogP contribution in [0, 0.1) is 0 Å². The Labute approximate surface area is 155 Å². The van der Waals surface area contributed by atoms with E-state index in [9.17, 15) is 4.79 Å². The summed E-state index contributed by atoms with van der Waals surface area (Å²) >= 11 is 0. The van der Waals surface area contributed by atoms with Crippen LogP contribution in [0.2, 0.25) is 0 Å². The van der Waals surface area contributed by atoms with Gasteiger partial charge in [0, 0.05) is 5.56 Å². The number of hydrogen-bond acceptors (Lipinski definition) is 3. The van der Waals surface area contributed by atoms with Gasteiger partial charge in [-0.1, -0.05) is 37.3 Å². The SMILES string of the molecule is CCCOc1ccc(C(=O)[C@H](C[NH+]2CCOCC2)c2ccccc2)cc1. The van der Waals surface area contributed by atoms with Crippen molar-refractivity contribution in [2.75, 3.05) is 39.5 Å². The third-order valence-corrected chi connectivity index (χ3v) is 4.82. The summed E-state index contributed by atoms with van der Waals surface area (Å²) in [6, 6.07) is 17.7. The molecule has 0 aliphatic carbocycles. The highest BCUT2D eigenvalue weighted by Crippen LogP contribution is 2.22. The molecule has 0 unspecified atom stereocenters. The number of carbonyl (C=O) groups excluding carboxylic acids is 1. The Balaban J connectivity index is 1.77. The van der Waals surface area contributed by atoms with Gasteiger partial charge in [0.15, 0.2) is 5.78 Å². The molecular weight excluding hydrogens is 326 g/mol. The topological polar surface area (TPSA) is 40.0 Å². The Kier molecular flexibility index (Phi) is 6.81. The van der Waals surface area contributed by atoms with Gasteiger partial charge in [-0.05, 0) is 36.2 Å². The average molecular weight is 354 g/mol. The second-order valence-electron chi connectivity index (χ2n) is 6.77. The van der Waals surface area contributed by atoms with Crippen LogP contribution in [-0.2, 0) is 4.74 Å². The lowest BCUT2D eigenvalue weighted by Crippen LogP contribution is -3.14. The predicted octanol–water partition coefficient (Wildman–Crippen LogP) is 2.36. The maximum atomic E-state index is 13.3. The summed E-state index contributed by atoms with van der Waals surface area (Å²) < 4.78 is 11.1. The summed E-state index contributed by atoms with van der Waals surface area (Å²) in [7, 11) is 0. The molecule has 138 valence electrons. The lowest BCUT2D eigenvalue weighted by atomic mass is 9.90. The van der Waals surface area contributed by atoms with Gasteiger partial charge in [0.25, 0.3) is 0 Å². The van der Waals surface area contributed by atoms with E-state index >= 15 is 0 Å². The minimum absolute atomic E-state index is 0.133. The monoisotopic (exact) mass is 354 g/mol. The summed E-state index contributed by atoms with van der Waals surface area (Å²) in [5.74, 6) is 0.863. The normalized spacial score (nSPS) is 16.2. The van der Waals surface area contributed by atoms with E-state index in [0.29, 0.717) is 6.61 Å². The lowest BCUT2D eigenvalue weighted by molar-refractivity contribution is -0.908. The van der Waals surface area contributed by atoms with Crippen LogP contribution in [0.1, 0.15) is 35.2 Å². The molecule has 1 fully saturated rings. The average Bonchev–Trinajstić information content (AvgIpc) is 2.72. The van der Waals surface area contributed by atoms with Crippen LogP contribution in [0.3, 0.4) is 0 Å². The van der Waals surface area contributed by atoms with Crippen molar-refractivity contribution in [1.29, 1.82) is 0 Å². The number of hydrogen-bond donors (Lipinski definition) is 1. The summed E-state index contributed by atoms with van der Waals surface area (Å²) in [6.45, 7) is 7.04. The molecular formula is C22H28NO3+. The van der Waals surface area contributed by atoms with Crippen LogP contribution in [0.15, 0.2) is 54.6 Å². The van der Waals surface area contributed by atoms with Gasteiger partial charge in [0.1, 0.15) is 18.8 Å². The van der Waals surface area contributed by atoms with E-state index in [-0.39, 0.29) is 11.7 Å². The van der Waals surface area contributed by atoms with Crippen LogP contribution >= 0.6 is 0 Å². The molecule has 2 aromatic carbocycles. The number of carbonyl (C=O) groups is 1. The minimum Gasteiger partial charge on any atom is -0.494 e. The zero-order valence-electron chi connectivity index (χ0n) is 15.4. The Morgan fingerprint density at radius 2 is 1.77 bits per heavy atom. The standard InChI is InChI=1S/C22H27NO3/c1-2-14-26-20-10-8-19(9-11-20)22(24)21(18-6-4-3-5-7-18)17-23-12-15-25-16-13-23/h3-11,21H,2,12-17H2,1H3/p+1/t21-/m1/s1. The molecule has 1 aliphatic heterocycles. The fourth-order valence-electron chi connectivity index (χ4n) is 3.34. The van der Waals surface area contributed by atoms with E-state index in [1.807, 2.05) is 42.5 Å². The van der Waals surface area contributed by atoms with Crippen molar-refractivity contribution in [3.63, 3.8) is 0 Å². The second kappa shape index (κ2) is 9.51. The largest absolute Gasteiger partial charge is 0.494 e.